The first-order valence-corrected chi connectivity index (χ1v) is 1.76. The highest BCUT2D eigenvalue weighted by atomic mass is 16.5. The Kier molecular flexibility index (Phi) is 3.31. The first-order chi connectivity index (χ1) is 3.27. The lowest BCUT2D eigenvalue weighted by molar-refractivity contribution is 0.425. The quantitative estimate of drug-likeness (QED) is 0.286. The largest absolute Gasteiger partial charge is 0.772 e. The Morgan fingerprint density at radius 1 is 1.86 bits per heavy atom. The van der Waals surface area contributed by atoms with Crippen LogP contribution in [0.15, 0.2) is 12.3 Å². The number of nitrogens with zero attached hydrogens (tertiary/aromatic N) is 1. The molecule has 3 N–H and O–H groups in total. The Labute approximate surface area is 41.4 Å². The molecule has 0 fully saturated rings. The fourth-order valence-electron chi connectivity index (χ4n) is 0.151. The van der Waals surface area contributed by atoms with E-state index in [0.717, 1.165) is 6.26 Å². The maximum atomic E-state index is 9.73. The number of aliphatic hydroxyl groups is 1. The van der Waals surface area contributed by atoms with E-state index in [1.54, 1.807) is 0 Å². The topological polar surface area (TPSA) is 72.5 Å². The Hall–Kier alpha value is -0.580. The molecule has 0 aromatic carbocycles. The van der Waals surface area contributed by atoms with Gasteiger partial charge in [0.1, 0.15) is 0 Å². The first kappa shape index (κ1) is 6.42. The summed E-state index contributed by atoms with van der Waals surface area (Å²) >= 11 is 0. The number of hydroxylamine groups is 1. The monoisotopic (exact) mass is 103 g/mol. The summed E-state index contributed by atoms with van der Waals surface area (Å²) < 4.78 is 0. The smallest absolute Gasteiger partial charge is 0.0764 e. The highest BCUT2D eigenvalue weighted by molar-refractivity contribution is 4.74. The normalized spacial score (nSPS) is 11.3. The molecule has 0 heterocycles. The average Bonchev–Trinajstić information content (AvgIpc) is 1.61. The van der Waals surface area contributed by atoms with Gasteiger partial charge in [-0.1, -0.05) is 0 Å². The van der Waals surface area contributed by atoms with Crippen LogP contribution in [0.5, 0.6) is 0 Å². The standard InChI is InChI=1S/C3H7N2O2/c4-5(7)2-1-3-6/h1,3,6H,2,4H2/q-1. The molecule has 7 heavy (non-hydrogen) atoms. The second-order valence-electron chi connectivity index (χ2n) is 0.984. The third-order valence-electron chi connectivity index (χ3n) is 0.391. The van der Waals surface area contributed by atoms with Gasteiger partial charge in [0.15, 0.2) is 0 Å². The summed E-state index contributed by atoms with van der Waals surface area (Å²) in [5.41, 5.74) is 0. The van der Waals surface area contributed by atoms with E-state index in [9.17, 15) is 5.21 Å². The van der Waals surface area contributed by atoms with E-state index in [1.807, 2.05) is 0 Å². The third kappa shape index (κ3) is 5.42. The SMILES string of the molecule is NN([O-])CC=CO. The van der Waals surface area contributed by atoms with Crippen LogP contribution in [0, 0.1) is 5.21 Å². The average molecular weight is 103 g/mol. The van der Waals surface area contributed by atoms with Crippen molar-refractivity contribution in [1.29, 1.82) is 0 Å². The van der Waals surface area contributed by atoms with Gasteiger partial charge in [0.25, 0.3) is 0 Å². The van der Waals surface area contributed by atoms with E-state index in [-0.39, 0.29) is 11.7 Å². The molecule has 4 nitrogen and oxygen atoms in total. The molecule has 4 heteroatoms. The van der Waals surface area contributed by atoms with Gasteiger partial charge in [0.05, 0.1) is 6.26 Å². The Morgan fingerprint density at radius 3 is 2.57 bits per heavy atom. The lowest BCUT2D eigenvalue weighted by Gasteiger charge is -2.17. The van der Waals surface area contributed by atoms with Gasteiger partial charge in [-0.15, -0.1) is 0 Å². The van der Waals surface area contributed by atoms with Crippen LogP contribution in [0.4, 0.5) is 0 Å². The Morgan fingerprint density at radius 2 is 2.43 bits per heavy atom. The van der Waals surface area contributed by atoms with Crippen molar-refractivity contribution in [3.63, 3.8) is 0 Å². The molecule has 0 aromatic heterocycles. The van der Waals surface area contributed by atoms with Crippen LogP contribution in [0.2, 0.25) is 0 Å². The van der Waals surface area contributed by atoms with E-state index in [4.69, 9.17) is 5.11 Å². The zero-order chi connectivity index (χ0) is 5.70. The summed E-state index contributed by atoms with van der Waals surface area (Å²) in [6.45, 7) is 0.0243. The highest BCUT2D eigenvalue weighted by Gasteiger charge is 1.70. The van der Waals surface area contributed by atoms with E-state index in [1.165, 1.54) is 6.08 Å². The minimum atomic E-state index is 0.0243. The molecule has 42 valence electrons. The molecule has 0 saturated heterocycles. The molecule has 0 radical (unpaired) electrons. The van der Waals surface area contributed by atoms with Crippen molar-refractivity contribution >= 4 is 0 Å². The van der Waals surface area contributed by atoms with Gasteiger partial charge in [-0.25, -0.2) is 0 Å². The maximum Gasteiger partial charge on any atom is 0.0764 e. The zero-order valence-corrected chi connectivity index (χ0v) is 3.74. The molecule has 0 saturated carbocycles. The van der Waals surface area contributed by atoms with Crippen molar-refractivity contribution in [3.8, 4) is 0 Å². The summed E-state index contributed by atoms with van der Waals surface area (Å²) in [5.74, 6) is 4.59. The predicted molar refractivity (Wildman–Crippen MR) is 26.0 cm³/mol. The third-order valence-corrected chi connectivity index (χ3v) is 0.391. The van der Waals surface area contributed by atoms with Crippen LogP contribution < -0.4 is 5.84 Å². The summed E-state index contributed by atoms with van der Waals surface area (Å²) in [6.07, 6.45) is 2.02. The fraction of sp³-hybridized carbons (Fsp3) is 0.333. The molecule has 0 aliphatic rings. The molecule has 0 aromatic rings. The first-order valence-electron chi connectivity index (χ1n) is 1.76. The summed E-state index contributed by atoms with van der Waals surface area (Å²) in [4.78, 5) is 0. The zero-order valence-electron chi connectivity index (χ0n) is 3.74. The van der Waals surface area contributed by atoms with Crippen molar-refractivity contribution in [2.24, 2.45) is 5.84 Å². The minimum absolute atomic E-state index is 0.0243. The van der Waals surface area contributed by atoms with Gasteiger partial charge in [-0.2, -0.15) is 0 Å². The molecular weight excluding hydrogens is 96.0 g/mol. The van der Waals surface area contributed by atoms with Gasteiger partial charge in [-0.05, 0) is 6.08 Å². The summed E-state index contributed by atoms with van der Waals surface area (Å²) in [7, 11) is 0. The maximum absolute atomic E-state index is 9.73. The van der Waals surface area contributed by atoms with Crippen LogP contribution in [-0.4, -0.2) is 16.8 Å². The number of hydrogen-bond donors (Lipinski definition) is 2. The van der Waals surface area contributed by atoms with Crippen molar-refractivity contribution in [2.75, 3.05) is 6.54 Å². The number of rotatable bonds is 2. The molecule has 0 aliphatic carbocycles. The number of hydrazine groups is 1. The molecule has 0 rings (SSSR count). The summed E-state index contributed by atoms with van der Waals surface area (Å²) in [5, 5.41) is 17.9. The molecule has 0 unspecified atom stereocenters. The number of hydrogen-bond acceptors (Lipinski definition) is 4. The van der Waals surface area contributed by atoms with E-state index in [0.29, 0.717) is 0 Å². The molecular formula is C3H7N2O2-. The van der Waals surface area contributed by atoms with E-state index in [2.05, 4.69) is 5.84 Å². The Balaban J connectivity index is 2.97. The van der Waals surface area contributed by atoms with E-state index >= 15 is 0 Å². The van der Waals surface area contributed by atoms with Crippen LogP contribution >= 0.6 is 0 Å². The van der Waals surface area contributed by atoms with Gasteiger partial charge in [0, 0.05) is 6.54 Å². The molecule has 0 aliphatic heterocycles. The van der Waals surface area contributed by atoms with Crippen LogP contribution in [0.3, 0.4) is 0 Å². The fourth-order valence-corrected chi connectivity index (χ4v) is 0.151. The van der Waals surface area contributed by atoms with E-state index < -0.39 is 0 Å². The Bertz CT molecular complexity index is 62.0. The second kappa shape index (κ2) is 3.60. The lowest BCUT2D eigenvalue weighted by atomic mass is 10.6. The van der Waals surface area contributed by atoms with Crippen molar-refractivity contribution in [1.82, 2.24) is 5.17 Å². The van der Waals surface area contributed by atoms with Crippen LogP contribution in [0.1, 0.15) is 0 Å². The second-order valence-corrected chi connectivity index (χ2v) is 0.984. The molecule has 0 bridgehead atoms. The van der Waals surface area contributed by atoms with Gasteiger partial charge in [0.2, 0.25) is 0 Å². The van der Waals surface area contributed by atoms with Gasteiger partial charge < -0.3 is 15.5 Å². The van der Waals surface area contributed by atoms with Crippen molar-refractivity contribution in [3.05, 3.63) is 17.5 Å². The number of nitrogens with two attached hydrogens (primary N) is 1. The predicted octanol–water partition coefficient (Wildman–Crippen LogP) is -0.268. The van der Waals surface area contributed by atoms with Gasteiger partial charge >= 0.3 is 0 Å². The van der Waals surface area contributed by atoms with Crippen molar-refractivity contribution < 1.29 is 5.11 Å². The number of aliphatic hydroxyl groups excluding tert-OH is 1. The van der Waals surface area contributed by atoms with Crippen LogP contribution in [-0.2, 0) is 0 Å². The summed E-state index contributed by atoms with van der Waals surface area (Å²) in [6, 6.07) is 0. The van der Waals surface area contributed by atoms with Gasteiger partial charge in [-0.3, -0.25) is 5.84 Å². The molecule has 0 spiro atoms. The lowest BCUT2D eigenvalue weighted by Crippen LogP contribution is -2.23. The van der Waals surface area contributed by atoms with Crippen molar-refractivity contribution in [2.45, 2.75) is 0 Å². The van der Waals surface area contributed by atoms with Crippen LogP contribution in [0.25, 0.3) is 0 Å². The molecule has 0 atom stereocenters. The molecule has 0 amide bonds. The minimum Gasteiger partial charge on any atom is -0.772 e. The highest BCUT2D eigenvalue weighted by Crippen LogP contribution is 1.70.